The molecule has 0 saturated carbocycles. The van der Waals surface area contributed by atoms with Gasteiger partial charge in [-0.1, -0.05) is 12.1 Å². The van der Waals surface area contributed by atoms with Crippen molar-refractivity contribution < 1.29 is 24.6 Å². The van der Waals surface area contributed by atoms with Gasteiger partial charge in [0.1, 0.15) is 6.54 Å². The lowest BCUT2D eigenvalue weighted by Gasteiger charge is -2.10. The minimum absolute atomic E-state index is 0.220. The fourth-order valence-corrected chi connectivity index (χ4v) is 2.46. The standard InChI is InChI=1S/C18H23NO4/c1-21-15-8-7-13(11-17(15)23-3)9-10-19-12-14-5-4-6-16(22-2)18(14)20/h4-8,11,19-20H,9-10,12H2,1-3H3/p+1. The highest BCUT2D eigenvalue weighted by molar-refractivity contribution is 5.45. The molecule has 0 amide bonds. The number of para-hydroxylation sites is 1. The Morgan fingerprint density at radius 3 is 2.35 bits per heavy atom. The van der Waals surface area contributed by atoms with Crippen LogP contribution in [-0.2, 0) is 13.0 Å². The molecule has 5 heteroatoms. The lowest BCUT2D eigenvalue weighted by Crippen LogP contribution is -2.83. The Hall–Kier alpha value is -2.40. The lowest BCUT2D eigenvalue weighted by molar-refractivity contribution is -0.670. The molecule has 0 aromatic heterocycles. The minimum atomic E-state index is 0.220. The quantitative estimate of drug-likeness (QED) is 0.728. The lowest BCUT2D eigenvalue weighted by atomic mass is 10.1. The molecule has 0 saturated heterocycles. The summed E-state index contributed by atoms with van der Waals surface area (Å²) < 4.78 is 15.7. The van der Waals surface area contributed by atoms with Crippen LogP contribution in [0.25, 0.3) is 0 Å². The number of quaternary nitrogens is 1. The number of phenolic OH excluding ortho intramolecular Hbond substituents is 1. The van der Waals surface area contributed by atoms with Gasteiger partial charge in [-0.3, -0.25) is 0 Å². The SMILES string of the molecule is COc1ccc(CC[NH2+]Cc2cccc(OC)c2O)cc1OC. The van der Waals surface area contributed by atoms with Crippen LogP contribution in [0.5, 0.6) is 23.0 Å². The fraction of sp³-hybridized carbons (Fsp3) is 0.333. The van der Waals surface area contributed by atoms with Gasteiger partial charge in [0.15, 0.2) is 23.0 Å². The molecule has 0 aliphatic heterocycles. The normalized spacial score (nSPS) is 10.4. The highest BCUT2D eigenvalue weighted by Crippen LogP contribution is 2.29. The van der Waals surface area contributed by atoms with E-state index in [1.54, 1.807) is 27.4 Å². The summed E-state index contributed by atoms with van der Waals surface area (Å²) in [5.74, 6) is 2.21. The number of hydrogen-bond donors (Lipinski definition) is 2. The monoisotopic (exact) mass is 318 g/mol. The van der Waals surface area contributed by atoms with Gasteiger partial charge in [-0.05, 0) is 29.8 Å². The molecule has 0 atom stereocenters. The maximum atomic E-state index is 10.1. The number of aromatic hydroxyl groups is 1. The maximum absolute atomic E-state index is 10.1. The van der Waals surface area contributed by atoms with E-state index in [1.165, 1.54) is 5.56 Å². The molecular weight excluding hydrogens is 294 g/mol. The number of hydrogen-bond acceptors (Lipinski definition) is 4. The largest absolute Gasteiger partial charge is 0.504 e. The molecular formula is C18H24NO4+. The van der Waals surface area contributed by atoms with E-state index in [0.717, 1.165) is 30.0 Å². The van der Waals surface area contributed by atoms with Gasteiger partial charge in [0, 0.05) is 6.42 Å². The van der Waals surface area contributed by atoms with E-state index in [0.29, 0.717) is 12.3 Å². The summed E-state index contributed by atoms with van der Waals surface area (Å²) in [7, 11) is 4.82. The van der Waals surface area contributed by atoms with Crippen molar-refractivity contribution in [1.82, 2.24) is 0 Å². The molecule has 0 aliphatic rings. The Kier molecular flexibility index (Phi) is 6.11. The molecule has 0 heterocycles. The topological polar surface area (TPSA) is 64.5 Å². The summed E-state index contributed by atoms with van der Waals surface area (Å²) in [5.41, 5.74) is 2.06. The highest BCUT2D eigenvalue weighted by Gasteiger charge is 2.09. The van der Waals surface area contributed by atoms with Gasteiger partial charge in [-0.2, -0.15) is 0 Å². The highest BCUT2D eigenvalue weighted by atomic mass is 16.5. The van der Waals surface area contributed by atoms with Gasteiger partial charge in [0.2, 0.25) is 0 Å². The van der Waals surface area contributed by atoms with Gasteiger partial charge in [0.25, 0.3) is 0 Å². The molecule has 0 bridgehead atoms. The summed E-state index contributed by atoms with van der Waals surface area (Å²) in [6, 6.07) is 11.5. The molecule has 2 aromatic carbocycles. The van der Waals surface area contributed by atoms with Crippen molar-refractivity contribution in [1.29, 1.82) is 0 Å². The molecule has 124 valence electrons. The van der Waals surface area contributed by atoms with E-state index in [4.69, 9.17) is 14.2 Å². The Bertz CT molecular complexity index is 643. The van der Waals surface area contributed by atoms with Crippen LogP contribution in [0.4, 0.5) is 0 Å². The van der Waals surface area contributed by atoms with Gasteiger partial charge in [-0.15, -0.1) is 0 Å². The molecule has 0 unspecified atom stereocenters. The first-order valence-corrected chi connectivity index (χ1v) is 7.57. The fourth-order valence-electron chi connectivity index (χ4n) is 2.46. The van der Waals surface area contributed by atoms with Crippen LogP contribution in [-0.4, -0.2) is 33.0 Å². The van der Waals surface area contributed by atoms with E-state index in [-0.39, 0.29) is 5.75 Å². The Morgan fingerprint density at radius 2 is 1.65 bits per heavy atom. The number of phenols is 1. The summed E-state index contributed by atoms with van der Waals surface area (Å²) >= 11 is 0. The molecule has 0 aliphatic carbocycles. The average molecular weight is 318 g/mol. The Labute approximate surface area is 136 Å². The summed E-state index contributed by atoms with van der Waals surface area (Å²) in [6.45, 7) is 1.61. The van der Waals surface area contributed by atoms with Crippen molar-refractivity contribution in [3.8, 4) is 23.0 Å². The summed E-state index contributed by atoms with van der Waals surface area (Å²) in [4.78, 5) is 0. The number of ether oxygens (including phenoxy) is 3. The minimum Gasteiger partial charge on any atom is -0.504 e. The van der Waals surface area contributed by atoms with E-state index in [1.807, 2.05) is 30.3 Å². The predicted octanol–water partition coefficient (Wildman–Crippen LogP) is 1.72. The number of methoxy groups -OCH3 is 3. The smallest absolute Gasteiger partial charge is 0.166 e. The molecule has 3 N–H and O–H groups in total. The van der Waals surface area contributed by atoms with Crippen LogP contribution in [0, 0.1) is 0 Å². The number of rotatable bonds is 8. The molecule has 0 fully saturated rings. The molecule has 23 heavy (non-hydrogen) atoms. The summed E-state index contributed by atoms with van der Waals surface area (Å²) in [6.07, 6.45) is 0.908. The zero-order chi connectivity index (χ0) is 16.7. The first-order chi connectivity index (χ1) is 11.2. The van der Waals surface area contributed by atoms with Crippen molar-refractivity contribution in [2.45, 2.75) is 13.0 Å². The van der Waals surface area contributed by atoms with Crippen molar-refractivity contribution in [2.24, 2.45) is 0 Å². The summed E-state index contributed by atoms with van der Waals surface area (Å²) in [5, 5.41) is 12.2. The van der Waals surface area contributed by atoms with Crippen molar-refractivity contribution in [3.63, 3.8) is 0 Å². The van der Waals surface area contributed by atoms with Crippen LogP contribution < -0.4 is 19.5 Å². The zero-order valence-corrected chi connectivity index (χ0v) is 13.8. The van der Waals surface area contributed by atoms with E-state index < -0.39 is 0 Å². The molecule has 2 aromatic rings. The third kappa shape index (κ3) is 4.29. The third-order valence-electron chi connectivity index (χ3n) is 3.75. The average Bonchev–Trinajstić information content (AvgIpc) is 2.59. The predicted molar refractivity (Wildman–Crippen MR) is 88.4 cm³/mol. The number of nitrogens with two attached hydrogens (primary N) is 1. The van der Waals surface area contributed by atoms with Crippen LogP contribution in [0.2, 0.25) is 0 Å². The van der Waals surface area contributed by atoms with Gasteiger partial charge >= 0.3 is 0 Å². The van der Waals surface area contributed by atoms with Crippen LogP contribution >= 0.6 is 0 Å². The van der Waals surface area contributed by atoms with Crippen molar-refractivity contribution >= 4 is 0 Å². The second-order valence-electron chi connectivity index (χ2n) is 5.19. The first-order valence-electron chi connectivity index (χ1n) is 7.57. The van der Waals surface area contributed by atoms with Gasteiger partial charge < -0.3 is 24.6 Å². The van der Waals surface area contributed by atoms with Crippen LogP contribution in [0.1, 0.15) is 11.1 Å². The molecule has 5 nitrogen and oxygen atoms in total. The molecule has 2 rings (SSSR count). The number of benzene rings is 2. The van der Waals surface area contributed by atoms with E-state index >= 15 is 0 Å². The zero-order valence-electron chi connectivity index (χ0n) is 13.8. The third-order valence-corrected chi connectivity index (χ3v) is 3.75. The first kappa shape index (κ1) is 17.0. The van der Waals surface area contributed by atoms with Crippen LogP contribution in [0.3, 0.4) is 0 Å². The van der Waals surface area contributed by atoms with Crippen LogP contribution in [0.15, 0.2) is 36.4 Å². The maximum Gasteiger partial charge on any atom is 0.166 e. The van der Waals surface area contributed by atoms with E-state index in [2.05, 4.69) is 5.32 Å². The van der Waals surface area contributed by atoms with Crippen molar-refractivity contribution in [2.75, 3.05) is 27.9 Å². The Morgan fingerprint density at radius 1 is 0.913 bits per heavy atom. The Balaban J connectivity index is 1.88. The van der Waals surface area contributed by atoms with Gasteiger partial charge in [0.05, 0.1) is 33.4 Å². The second kappa shape index (κ2) is 8.29. The van der Waals surface area contributed by atoms with E-state index in [9.17, 15) is 5.11 Å². The molecule has 0 radical (unpaired) electrons. The molecule has 0 spiro atoms. The van der Waals surface area contributed by atoms with Gasteiger partial charge in [-0.25, -0.2) is 0 Å². The second-order valence-corrected chi connectivity index (χ2v) is 5.19. The van der Waals surface area contributed by atoms with Crippen molar-refractivity contribution in [3.05, 3.63) is 47.5 Å².